The molecule has 0 heterocycles. The molecule has 66 valence electrons. The quantitative estimate of drug-likeness (QED) is 0.723. The molecular formula is C9H16HgO2. The maximum absolute atomic E-state index is 10.6. The normalized spacial score (nSPS) is 31.8. The number of rotatable bonds is 3. The summed E-state index contributed by atoms with van der Waals surface area (Å²) >= 11 is -1.69. The Morgan fingerprint density at radius 2 is 2.33 bits per heavy atom. The van der Waals surface area contributed by atoms with Crippen LogP contribution in [0.5, 0.6) is 0 Å². The Bertz CT molecular complexity index is 254. The van der Waals surface area contributed by atoms with Gasteiger partial charge in [0.2, 0.25) is 0 Å². The van der Waals surface area contributed by atoms with Crippen LogP contribution in [-0.4, -0.2) is 5.97 Å². The summed E-state index contributed by atoms with van der Waals surface area (Å²) < 4.78 is 36.5. The summed E-state index contributed by atoms with van der Waals surface area (Å²) in [6, 6.07) is 0. The van der Waals surface area contributed by atoms with Gasteiger partial charge in [-0.2, -0.15) is 0 Å². The van der Waals surface area contributed by atoms with Crippen molar-refractivity contribution in [2.75, 3.05) is 0 Å². The molecule has 1 aliphatic rings. The molecule has 1 saturated carbocycles. The van der Waals surface area contributed by atoms with E-state index in [1.807, 2.05) is 0 Å². The summed E-state index contributed by atoms with van der Waals surface area (Å²) in [4.78, 5) is 10.6. The van der Waals surface area contributed by atoms with E-state index in [4.69, 9.17) is 8.13 Å². The Kier molecular flexibility index (Phi) is 2.97. The first-order valence-electron chi connectivity index (χ1n) is 6.34. The summed E-state index contributed by atoms with van der Waals surface area (Å²) in [6.07, 6.45) is -2.00. The van der Waals surface area contributed by atoms with Crippen molar-refractivity contribution in [2.45, 2.75) is 42.9 Å². The van der Waals surface area contributed by atoms with Gasteiger partial charge in [-0.25, -0.2) is 0 Å². The first kappa shape index (κ1) is 6.00. The third kappa shape index (κ3) is 4.44. The van der Waals surface area contributed by atoms with Crippen molar-refractivity contribution in [3.8, 4) is 0 Å². The fourth-order valence-electron chi connectivity index (χ4n) is 1.29. The van der Waals surface area contributed by atoms with Crippen LogP contribution < -0.4 is 0 Å². The average molecular weight is 361 g/mol. The van der Waals surface area contributed by atoms with E-state index in [1.54, 1.807) is 0 Å². The first-order chi connectivity index (χ1) is 7.20. The van der Waals surface area contributed by atoms with Gasteiger partial charge in [0.25, 0.3) is 0 Å². The number of hydrogen-bond donors (Lipinski definition) is 0. The van der Waals surface area contributed by atoms with E-state index in [9.17, 15) is 4.79 Å². The number of carbonyl (C=O) groups is 1. The van der Waals surface area contributed by atoms with E-state index in [0.717, 1.165) is 3.93 Å². The van der Waals surface area contributed by atoms with Crippen LogP contribution in [0.1, 0.15) is 44.4 Å². The molecule has 0 N–H and O–H groups in total. The van der Waals surface area contributed by atoms with Gasteiger partial charge < -0.3 is 0 Å². The molecule has 0 aliphatic heterocycles. The molecule has 0 bridgehead atoms. The maximum atomic E-state index is 10.6. The average Bonchev–Trinajstić information content (AvgIpc) is 1.96. The molecule has 0 aromatic carbocycles. The molecule has 0 unspecified atom stereocenters. The van der Waals surface area contributed by atoms with Gasteiger partial charge >= 0.3 is 92.7 Å². The molecule has 0 spiro atoms. The molecule has 0 aromatic heterocycles. The van der Waals surface area contributed by atoms with Gasteiger partial charge in [-0.1, -0.05) is 0 Å². The van der Waals surface area contributed by atoms with Gasteiger partial charge in [-0.15, -0.1) is 0 Å². The SMILES string of the molecule is [2H]C1([2H])CC([CH2][Hg][O]C(C)=O)CC([2H])([2H])C1. The second-order valence-electron chi connectivity index (χ2n) is 3.08. The van der Waals surface area contributed by atoms with E-state index in [0.29, 0.717) is 12.8 Å². The van der Waals surface area contributed by atoms with Crippen LogP contribution in [0.2, 0.25) is 3.93 Å². The summed E-state index contributed by atoms with van der Waals surface area (Å²) in [7, 11) is 0. The summed E-state index contributed by atoms with van der Waals surface area (Å²) in [5.41, 5.74) is 0. The molecule has 3 heteroatoms. The molecule has 1 fully saturated rings. The van der Waals surface area contributed by atoms with Gasteiger partial charge in [-0.3, -0.25) is 0 Å². The second-order valence-corrected chi connectivity index (χ2v) is 8.03. The summed E-state index contributed by atoms with van der Waals surface area (Å²) in [6.45, 7) is 1.39. The van der Waals surface area contributed by atoms with Crippen LogP contribution in [0.15, 0.2) is 0 Å². The van der Waals surface area contributed by atoms with Gasteiger partial charge in [0.15, 0.2) is 0 Å². The zero-order valence-electron chi connectivity index (χ0n) is 11.4. The van der Waals surface area contributed by atoms with Crippen LogP contribution >= 0.6 is 0 Å². The molecule has 0 amide bonds. The predicted octanol–water partition coefficient (Wildman–Crippen LogP) is 2.55. The molecule has 12 heavy (non-hydrogen) atoms. The number of hydrogen-bond acceptors (Lipinski definition) is 2. The van der Waals surface area contributed by atoms with Gasteiger partial charge in [0.1, 0.15) is 0 Å². The first-order valence-corrected chi connectivity index (χ1v) is 10.5. The minimum atomic E-state index is -1.69. The summed E-state index contributed by atoms with van der Waals surface area (Å²) in [5.74, 6) is -0.191. The molecule has 0 radical (unpaired) electrons. The Labute approximate surface area is 92.8 Å². The number of carbonyl (C=O) groups excluding carboxylic acids is 1. The van der Waals surface area contributed by atoms with Crippen molar-refractivity contribution < 1.29 is 38.0 Å². The van der Waals surface area contributed by atoms with Crippen molar-refractivity contribution >= 4 is 5.97 Å². The second kappa shape index (κ2) is 5.95. The zero-order valence-corrected chi connectivity index (χ0v) is 12.9. The Morgan fingerprint density at radius 3 is 2.92 bits per heavy atom. The fraction of sp³-hybridized carbons (Fsp3) is 0.889. The minimum absolute atomic E-state index is 0.0129. The van der Waals surface area contributed by atoms with E-state index in [-0.39, 0.29) is 18.3 Å². The topological polar surface area (TPSA) is 26.3 Å². The third-order valence-electron chi connectivity index (χ3n) is 1.95. The summed E-state index contributed by atoms with van der Waals surface area (Å²) in [5, 5.41) is 0. The van der Waals surface area contributed by atoms with E-state index in [2.05, 4.69) is 0 Å². The Hall–Kier alpha value is 0.405. The van der Waals surface area contributed by atoms with Gasteiger partial charge in [0, 0.05) is 0 Å². The fourth-order valence-corrected chi connectivity index (χ4v) is 5.75. The Morgan fingerprint density at radius 1 is 1.67 bits per heavy atom. The molecule has 0 atom stereocenters. The Balaban J connectivity index is 2.45. The molecule has 0 aromatic rings. The van der Waals surface area contributed by atoms with Crippen LogP contribution in [0.25, 0.3) is 0 Å². The molecule has 0 saturated heterocycles. The van der Waals surface area contributed by atoms with Gasteiger partial charge in [-0.05, 0) is 0 Å². The van der Waals surface area contributed by atoms with E-state index in [1.165, 1.54) is 6.92 Å². The monoisotopic (exact) mass is 362 g/mol. The molecule has 1 aliphatic carbocycles. The van der Waals surface area contributed by atoms with E-state index >= 15 is 0 Å². The van der Waals surface area contributed by atoms with Crippen LogP contribution in [-0.2, 0) is 32.5 Å². The third-order valence-corrected chi connectivity index (χ3v) is 8.41. The zero-order chi connectivity index (χ0) is 12.4. The van der Waals surface area contributed by atoms with Crippen molar-refractivity contribution in [3.05, 3.63) is 0 Å². The van der Waals surface area contributed by atoms with Gasteiger partial charge in [0.05, 0.1) is 0 Å². The van der Waals surface area contributed by atoms with E-state index < -0.39 is 37.8 Å². The standard InChI is InChI=1S/C7H13.C2H4O2.Hg/c1-7-5-3-2-4-6-7;1-2(3)4;/h7H,1-6H2;1H3,(H,3,4);/q;;+1/p-1/i3D2,4D2;;. The van der Waals surface area contributed by atoms with Crippen LogP contribution in [0, 0.1) is 5.92 Å². The predicted molar refractivity (Wildman–Crippen MR) is 43.1 cm³/mol. The molecule has 2 nitrogen and oxygen atoms in total. The van der Waals surface area contributed by atoms with Crippen LogP contribution in [0.4, 0.5) is 0 Å². The van der Waals surface area contributed by atoms with Crippen molar-refractivity contribution in [3.63, 3.8) is 0 Å². The van der Waals surface area contributed by atoms with Crippen LogP contribution in [0.3, 0.4) is 0 Å². The van der Waals surface area contributed by atoms with Crippen molar-refractivity contribution in [1.82, 2.24) is 0 Å². The van der Waals surface area contributed by atoms with Crippen molar-refractivity contribution in [1.29, 1.82) is 0 Å². The molecular weight excluding hydrogens is 341 g/mol. The van der Waals surface area contributed by atoms with Crippen molar-refractivity contribution in [2.24, 2.45) is 5.92 Å². The molecule has 1 rings (SSSR count).